The third-order valence-corrected chi connectivity index (χ3v) is 5.02. The number of rotatable bonds is 3. The monoisotopic (exact) mass is 339 g/mol. The van der Waals surface area contributed by atoms with E-state index >= 15 is 0 Å². The van der Waals surface area contributed by atoms with Gasteiger partial charge in [-0.2, -0.15) is 0 Å². The summed E-state index contributed by atoms with van der Waals surface area (Å²) in [6.07, 6.45) is 1.54. The fraction of sp³-hybridized carbons (Fsp3) is 0.625. The zero-order valence-corrected chi connectivity index (χ0v) is 13.5. The molecule has 4 heteroatoms. The normalized spacial score (nSPS) is 31.0. The van der Waals surface area contributed by atoms with E-state index in [1.54, 1.807) is 0 Å². The molecule has 1 aromatic rings. The standard InChI is InChI=1S/C16H22BrNO2/c1-12-11-20-14(8-17)9-18(12)10-16-15-5-3-2-4-13(15)6-7-19-16/h2-5,12,14,16H,6-11H2,1H3. The molecule has 3 atom stereocenters. The second kappa shape index (κ2) is 6.56. The molecule has 3 unspecified atom stereocenters. The molecule has 0 amide bonds. The van der Waals surface area contributed by atoms with Crippen LogP contribution in [0.15, 0.2) is 24.3 Å². The lowest BCUT2D eigenvalue weighted by molar-refractivity contribution is -0.0714. The molecule has 2 aliphatic heterocycles. The lowest BCUT2D eigenvalue weighted by atomic mass is 9.97. The number of nitrogens with zero attached hydrogens (tertiary/aromatic N) is 1. The van der Waals surface area contributed by atoms with Crippen LogP contribution in [-0.2, 0) is 15.9 Å². The molecule has 3 nitrogen and oxygen atoms in total. The maximum absolute atomic E-state index is 6.03. The molecule has 2 heterocycles. The average Bonchev–Trinajstić information content (AvgIpc) is 2.50. The number of ether oxygens (including phenoxy) is 2. The van der Waals surface area contributed by atoms with Gasteiger partial charge in [-0.3, -0.25) is 4.90 Å². The lowest BCUT2D eigenvalue weighted by Crippen LogP contribution is -2.50. The van der Waals surface area contributed by atoms with Crippen LogP contribution in [0.25, 0.3) is 0 Å². The molecule has 20 heavy (non-hydrogen) atoms. The van der Waals surface area contributed by atoms with E-state index in [0.717, 1.165) is 38.1 Å². The molecule has 3 rings (SSSR count). The number of fused-ring (bicyclic) bond motifs is 1. The molecule has 0 N–H and O–H groups in total. The second-order valence-electron chi connectivity index (χ2n) is 5.72. The van der Waals surface area contributed by atoms with Gasteiger partial charge in [0.1, 0.15) is 0 Å². The largest absolute Gasteiger partial charge is 0.374 e. The summed E-state index contributed by atoms with van der Waals surface area (Å²) in [6, 6.07) is 9.15. The number of halogens is 1. The van der Waals surface area contributed by atoms with E-state index in [0.29, 0.717) is 12.1 Å². The zero-order chi connectivity index (χ0) is 13.9. The number of hydrogen-bond acceptors (Lipinski definition) is 3. The van der Waals surface area contributed by atoms with Gasteiger partial charge in [0.25, 0.3) is 0 Å². The molecule has 0 saturated carbocycles. The minimum absolute atomic E-state index is 0.205. The van der Waals surface area contributed by atoms with Crippen LogP contribution in [-0.4, -0.2) is 48.7 Å². The van der Waals surface area contributed by atoms with Gasteiger partial charge >= 0.3 is 0 Å². The molecule has 2 aliphatic rings. The highest BCUT2D eigenvalue weighted by atomic mass is 79.9. The van der Waals surface area contributed by atoms with Gasteiger partial charge in [0.15, 0.2) is 0 Å². The van der Waals surface area contributed by atoms with E-state index in [1.165, 1.54) is 11.1 Å². The summed E-state index contributed by atoms with van der Waals surface area (Å²) in [4.78, 5) is 2.50. The number of hydrogen-bond donors (Lipinski definition) is 0. The topological polar surface area (TPSA) is 21.7 Å². The number of morpholine rings is 1. The van der Waals surface area contributed by atoms with Crippen molar-refractivity contribution in [3.63, 3.8) is 0 Å². The summed E-state index contributed by atoms with van der Waals surface area (Å²) >= 11 is 3.53. The van der Waals surface area contributed by atoms with Crippen LogP contribution in [0.2, 0.25) is 0 Å². The quantitative estimate of drug-likeness (QED) is 0.790. The minimum Gasteiger partial charge on any atom is -0.374 e. The predicted octanol–water partition coefficient (Wildman–Crippen LogP) is 2.78. The third-order valence-electron chi connectivity index (χ3n) is 4.30. The highest BCUT2D eigenvalue weighted by Crippen LogP contribution is 2.29. The summed E-state index contributed by atoms with van der Waals surface area (Å²) in [5.41, 5.74) is 2.81. The predicted molar refractivity (Wildman–Crippen MR) is 83.4 cm³/mol. The average molecular weight is 340 g/mol. The van der Waals surface area contributed by atoms with Crippen LogP contribution in [0.5, 0.6) is 0 Å². The molecule has 0 spiro atoms. The maximum Gasteiger partial charge on any atom is 0.0954 e. The minimum atomic E-state index is 0.205. The van der Waals surface area contributed by atoms with Crippen molar-refractivity contribution in [1.82, 2.24) is 4.90 Å². The van der Waals surface area contributed by atoms with Gasteiger partial charge in [-0.1, -0.05) is 40.2 Å². The number of benzene rings is 1. The van der Waals surface area contributed by atoms with E-state index in [1.807, 2.05) is 0 Å². The van der Waals surface area contributed by atoms with Crippen LogP contribution in [0.3, 0.4) is 0 Å². The molecular formula is C16H22BrNO2. The van der Waals surface area contributed by atoms with E-state index in [9.17, 15) is 0 Å². The van der Waals surface area contributed by atoms with Crippen LogP contribution >= 0.6 is 15.9 Å². The van der Waals surface area contributed by atoms with Crippen molar-refractivity contribution in [1.29, 1.82) is 0 Å². The van der Waals surface area contributed by atoms with Gasteiger partial charge in [0, 0.05) is 24.5 Å². The first kappa shape index (κ1) is 14.5. The van der Waals surface area contributed by atoms with E-state index in [2.05, 4.69) is 52.0 Å². The summed E-state index contributed by atoms with van der Waals surface area (Å²) < 4.78 is 11.8. The van der Waals surface area contributed by atoms with Crippen molar-refractivity contribution in [2.45, 2.75) is 31.6 Å². The molecule has 1 fully saturated rings. The first-order valence-corrected chi connectivity index (χ1v) is 8.51. The lowest BCUT2D eigenvalue weighted by Gasteiger charge is -2.40. The summed E-state index contributed by atoms with van der Waals surface area (Å²) in [7, 11) is 0. The van der Waals surface area contributed by atoms with Crippen LogP contribution < -0.4 is 0 Å². The Hall–Kier alpha value is -0.420. The Morgan fingerprint density at radius 2 is 2.15 bits per heavy atom. The van der Waals surface area contributed by atoms with Crippen LogP contribution in [0.1, 0.15) is 24.2 Å². The van der Waals surface area contributed by atoms with E-state index in [4.69, 9.17) is 9.47 Å². The fourth-order valence-electron chi connectivity index (χ4n) is 3.06. The van der Waals surface area contributed by atoms with Gasteiger partial charge in [-0.15, -0.1) is 0 Å². The van der Waals surface area contributed by atoms with Gasteiger partial charge in [0.05, 0.1) is 25.4 Å². The zero-order valence-electron chi connectivity index (χ0n) is 11.9. The van der Waals surface area contributed by atoms with Crippen molar-refractivity contribution in [3.05, 3.63) is 35.4 Å². The molecule has 0 bridgehead atoms. The molecule has 0 aliphatic carbocycles. The van der Waals surface area contributed by atoms with Gasteiger partial charge in [-0.05, 0) is 24.5 Å². The van der Waals surface area contributed by atoms with Crippen LogP contribution in [0, 0.1) is 0 Å². The first-order valence-electron chi connectivity index (χ1n) is 7.39. The maximum atomic E-state index is 6.03. The number of alkyl halides is 1. The van der Waals surface area contributed by atoms with E-state index in [-0.39, 0.29) is 6.10 Å². The molecule has 0 aromatic heterocycles. The second-order valence-corrected chi connectivity index (χ2v) is 6.37. The molecule has 1 aromatic carbocycles. The SMILES string of the molecule is CC1COC(CBr)CN1CC1OCCc2ccccc21. The van der Waals surface area contributed by atoms with Crippen molar-refractivity contribution < 1.29 is 9.47 Å². The molecule has 110 valence electrons. The summed E-state index contributed by atoms with van der Waals surface area (Å²) in [5, 5.41) is 0.901. The van der Waals surface area contributed by atoms with Crippen molar-refractivity contribution in [2.24, 2.45) is 0 Å². The smallest absolute Gasteiger partial charge is 0.0954 e. The highest BCUT2D eigenvalue weighted by Gasteiger charge is 2.30. The summed E-state index contributed by atoms with van der Waals surface area (Å²) in [5.74, 6) is 0. The molecular weight excluding hydrogens is 318 g/mol. The Morgan fingerprint density at radius 1 is 1.30 bits per heavy atom. The Bertz CT molecular complexity index is 454. The Kier molecular flexibility index (Phi) is 4.76. The van der Waals surface area contributed by atoms with Gasteiger partial charge < -0.3 is 9.47 Å². The van der Waals surface area contributed by atoms with Crippen molar-refractivity contribution in [3.8, 4) is 0 Å². The first-order chi connectivity index (χ1) is 9.78. The highest BCUT2D eigenvalue weighted by molar-refractivity contribution is 9.09. The fourth-order valence-corrected chi connectivity index (χ4v) is 3.46. The van der Waals surface area contributed by atoms with Crippen LogP contribution in [0.4, 0.5) is 0 Å². The summed E-state index contributed by atoms with van der Waals surface area (Å²) in [6.45, 7) is 5.82. The van der Waals surface area contributed by atoms with Gasteiger partial charge in [-0.25, -0.2) is 0 Å². The van der Waals surface area contributed by atoms with Gasteiger partial charge in [0.2, 0.25) is 0 Å². The molecule has 0 radical (unpaired) electrons. The Morgan fingerprint density at radius 3 is 3.00 bits per heavy atom. The van der Waals surface area contributed by atoms with Crippen molar-refractivity contribution >= 4 is 15.9 Å². The molecule has 1 saturated heterocycles. The Balaban J connectivity index is 1.71. The Labute approximate surface area is 129 Å². The van der Waals surface area contributed by atoms with Crippen molar-refractivity contribution in [2.75, 3.05) is 31.6 Å². The third kappa shape index (κ3) is 3.08. The van der Waals surface area contributed by atoms with E-state index < -0.39 is 0 Å².